The molecule has 0 aliphatic rings. The highest BCUT2D eigenvalue weighted by molar-refractivity contribution is 9.10. The predicted octanol–water partition coefficient (Wildman–Crippen LogP) is 2.95. The minimum absolute atomic E-state index is 0.108. The Kier molecular flexibility index (Phi) is 2.96. The summed E-state index contributed by atoms with van der Waals surface area (Å²) in [6.45, 7) is 0. The average molecular weight is 269 g/mol. The maximum Gasteiger partial charge on any atom is 0.114 e. The van der Waals surface area contributed by atoms with Crippen LogP contribution in [-0.4, -0.2) is 4.98 Å². The SMILES string of the molecule is NC(c1ccc(Br)cc1)c1nccs1. The van der Waals surface area contributed by atoms with Gasteiger partial charge in [-0.2, -0.15) is 0 Å². The number of aromatic nitrogens is 1. The van der Waals surface area contributed by atoms with Crippen molar-refractivity contribution in [3.63, 3.8) is 0 Å². The monoisotopic (exact) mass is 268 g/mol. The number of hydrogen-bond acceptors (Lipinski definition) is 3. The number of nitrogens with two attached hydrogens (primary N) is 1. The van der Waals surface area contributed by atoms with Gasteiger partial charge in [-0.3, -0.25) is 0 Å². The third-order valence-electron chi connectivity index (χ3n) is 1.95. The van der Waals surface area contributed by atoms with Gasteiger partial charge in [0, 0.05) is 16.0 Å². The van der Waals surface area contributed by atoms with E-state index in [4.69, 9.17) is 5.73 Å². The van der Waals surface area contributed by atoms with E-state index in [0.717, 1.165) is 15.0 Å². The minimum atomic E-state index is -0.108. The van der Waals surface area contributed by atoms with Crippen LogP contribution in [0.4, 0.5) is 0 Å². The predicted molar refractivity (Wildman–Crippen MR) is 62.3 cm³/mol. The number of nitrogens with zero attached hydrogens (tertiary/aromatic N) is 1. The second-order valence-corrected chi connectivity index (χ2v) is 4.74. The highest BCUT2D eigenvalue weighted by Gasteiger charge is 2.10. The van der Waals surface area contributed by atoms with Crippen molar-refractivity contribution in [1.29, 1.82) is 0 Å². The number of rotatable bonds is 2. The van der Waals surface area contributed by atoms with Crippen LogP contribution in [0, 0.1) is 0 Å². The molecule has 2 aromatic rings. The first-order valence-corrected chi connectivity index (χ1v) is 5.85. The smallest absolute Gasteiger partial charge is 0.114 e. The van der Waals surface area contributed by atoms with E-state index in [1.54, 1.807) is 17.5 Å². The lowest BCUT2D eigenvalue weighted by atomic mass is 10.1. The summed E-state index contributed by atoms with van der Waals surface area (Å²) in [6, 6.07) is 7.89. The summed E-state index contributed by atoms with van der Waals surface area (Å²) in [4.78, 5) is 4.20. The van der Waals surface area contributed by atoms with Crippen LogP contribution >= 0.6 is 27.3 Å². The van der Waals surface area contributed by atoms with Crippen LogP contribution in [0.5, 0.6) is 0 Å². The fourth-order valence-corrected chi connectivity index (χ4v) is 2.13. The van der Waals surface area contributed by atoms with Gasteiger partial charge in [0.25, 0.3) is 0 Å². The lowest BCUT2D eigenvalue weighted by Gasteiger charge is -2.08. The number of halogens is 1. The molecule has 0 saturated heterocycles. The van der Waals surface area contributed by atoms with Crippen molar-refractivity contribution in [2.45, 2.75) is 6.04 Å². The molecule has 2 N–H and O–H groups in total. The molecule has 0 bridgehead atoms. The topological polar surface area (TPSA) is 38.9 Å². The summed E-state index contributed by atoms with van der Waals surface area (Å²) < 4.78 is 1.06. The summed E-state index contributed by atoms with van der Waals surface area (Å²) in [6.07, 6.45) is 1.78. The number of hydrogen-bond donors (Lipinski definition) is 1. The molecule has 0 aliphatic heterocycles. The second kappa shape index (κ2) is 4.21. The highest BCUT2D eigenvalue weighted by Crippen LogP contribution is 2.22. The van der Waals surface area contributed by atoms with Gasteiger partial charge in [-0.25, -0.2) is 4.98 Å². The molecule has 0 aliphatic carbocycles. The van der Waals surface area contributed by atoms with Crippen LogP contribution in [0.3, 0.4) is 0 Å². The van der Waals surface area contributed by atoms with Crippen LogP contribution in [-0.2, 0) is 0 Å². The van der Waals surface area contributed by atoms with E-state index in [1.807, 2.05) is 29.6 Å². The van der Waals surface area contributed by atoms with Crippen molar-refractivity contribution in [2.75, 3.05) is 0 Å². The maximum atomic E-state index is 6.04. The molecular formula is C10H9BrN2S. The van der Waals surface area contributed by atoms with E-state index in [1.165, 1.54) is 0 Å². The Balaban J connectivity index is 2.28. The Hall–Kier alpha value is -0.710. The first kappa shape index (κ1) is 9.83. The Morgan fingerprint density at radius 2 is 2.00 bits per heavy atom. The van der Waals surface area contributed by atoms with Gasteiger partial charge in [0.1, 0.15) is 5.01 Å². The standard InChI is InChI=1S/C10H9BrN2S/c11-8-3-1-7(2-4-8)9(12)10-13-5-6-14-10/h1-6,9H,12H2. The zero-order valence-electron chi connectivity index (χ0n) is 7.35. The zero-order chi connectivity index (χ0) is 9.97. The van der Waals surface area contributed by atoms with Crippen LogP contribution in [0.1, 0.15) is 16.6 Å². The van der Waals surface area contributed by atoms with Crippen molar-refractivity contribution >= 4 is 27.3 Å². The molecule has 0 radical (unpaired) electrons. The molecule has 1 aromatic heterocycles. The summed E-state index contributed by atoms with van der Waals surface area (Å²) in [5.74, 6) is 0. The molecule has 72 valence electrons. The highest BCUT2D eigenvalue weighted by atomic mass is 79.9. The van der Waals surface area contributed by atoms with Crippen LogP contribution < -0.4 is 5.73 Å². The van der Waals surface area contributed by atoms with Crippen molar-refractivity contribution in [3.8, 4) is 0 Å². The molecule has 1 atom stereocenters. The van der Waals surface area contributed by atoms with Crippen molar-refractivity contribution in [2.24, 2.45) is 5.73 Å². The van der Waals surface area contributed by atoms with E-state index in [9.17, 15) is 0 Å². The van der Waals surface area contributed by atoms with Crippen LogP contribution in [0.2, 0.25) is 0 Å². The Bertz CT molecular complexity index is 397. The lowest BCUT2D eigenvalue weighted by Crippen LogP contribution is -2.10. The first-order valence-electron chi connectivity index (χ1n) is 4.18. The molecule has 0 amide bonds. The summed E-state index contributed by atoms with van der Waals surface area (Å²) >= 11 is 4.97. The molecule has 2 nitrogen and oxygen atoms in total. The molecule has 14 heavy (non-hydrogen) atoms. The van der Waals surface area contributed by atoms with E-state index < -0.39 is 0 Å². The van der Waals surface area contributed by atoms with Gasteiger partial charge in [0.15, 0.2) is 0 Å². The first-order chi connectivity index (χ1) is 6.77. The van der Waals surface area contributed by atoms with Gasteiger partial charge in [-0.1, -0.05) is 28.1 Å². The summed E-state index contributed by atoms with van der Waals surface area (Å²) in [5.41, 5.74) is 7.13. The molecule has 4 heteroatoms. The lowest BCUT2D eigenvalue weighted by molar-refractivity contribution is 0.857. The average Bonchev–Trinajstić information content (AvgIpc) is 2.71. The molecule has 0 saturated carbocycles. The van der Waals surface area contributed by atoms with E-state index in [0.29, 0.717) is 0 Å². The normalized spacial score (nSPS) is 12.7. The van der Waals surface area contributed by atoms with Crippen LogP contribution in [0.15, 0.2) is 40.3 Å². The van der Waals surface area contributed by atoms with Crippen LogP contribution in [0.25, 0.3) is 0 Å². The quantitative estimate of drug-likeness (QED) is 0.910. The second-order valence-electron chi connectivity index (χ2n) is 2.90. The summed E-state index contributed by atoms with van der Waals surface area (Å²) in [5, 5.41) is 2.89. The third-order valence-corrected chi connectivity index (χ3v) is 3.33. The Morgan fingerprint density at radius 3 is 2.57 bits per heavy atom. The van der Waals surface area contributed by atoms with Gasteiger partial charge in [-0.15, -0.1) is 11.3 Å². The number of thiazole rings is 1. The molecule has 0 spiro atoms. The minimum Gasteiger partial charge on any atom is -0.318 e. The molecule has 0 fully saturated rings. The Morgan fingerprint density at radius 1 is 1.29 bits per heavy atom. The fourth-order valence-electron chi connectivity index (χ4n) is 1.20. The van der Waals surface area contributed by atoms with Crippen molar-refractivity contribution < 1.29 is 0 Å². The number of benzene rings is 1. The summed E-state index contributed by atoms with van der Waals surface area (Å²) in [7, 11) is 0. The van der Waals surface area contributed by atoms with Crippen molar-refractivity contribution in [1.82, 2.24) is 4.98 Å². The molecule has 1 heterocycles. The van der Waals surface area contributed by atoms with Gasteiger partial charge in [0.2, 0.25) is 0 Å². The van der Waals surface area contributed by atoms with Gasteiger partial charge < -0.3 is 5.73 Å². The van der Waals surface area contributed by atoms with E-state index >= 15 is 0 Å². The molecular weight excluding hydrogens is 260 g/mol. The molecule has 1 unspecified atom stereocenters. The molecule has 2 rings (SSSR count). The van der Waals surface area contributed by atoms with E-state index in [2.05, 4.69) is 20.9 Å². The van der Waals surface area contributed by atoms with E-state index in [-0.39, 0.29) is 6.04 Å². The molecule has 1 aromatic carbocycles. The Labute approximate surface area is 94.9 Å². The van der Waals surface area contributed by atoms with Gasteiger partial charge >= 0.3 is 0 Å². The van der Waals surface area contributed by atoms with Gasteiger partial charge in [-0.05, 0) is 17.7 Å². The van der Waals surface area contributed by atoms with Crippen molar-refractivity contribution in [3.05, 3.63) is 50.9 Å². The van der Waals surface area contributed by atoms with Gasteiger partial charge in [0.05, 0.1) is 6.04 Å². The maximum absolute atomic E-state index is 6.04. The largest absolute Gasteiger partial charge is 0.318 e. The fraction of sp³-hybridized carbons (Fsp3) is 0.100. The zero-order valence-corrected chi connectivity index (χ0v) is 9.75. The third kappa shape index (κ3) is 2.03.